The van der Waals surface area contributed by atoms with Crippen LogP contribution in [0.25, 0.3) is 11.1 Å². The molecule has 0 aromatic heterocycles. The van der Waals surface area contributed by atoms with Crippen LogP contribution >= 0.6 is 0 Å². The van der Waals surface area contributed by atoms with Crippen molar-refractivity contribution in [2.24, 2.45) is 5.16 Å². The van der Waals surface area contributed by atoms with Gasteiger partial charge in [0.05, 0.1) is 13.7 Å². The largest absolute Gasteiger partial charge is 0.496 e. The molecule has 0 radical (unpaired) electrons. The van der Waals surface area contributed by atoms with Crippen molar-refractivity contribution in [1.82, 2.24) is 4.90 Å². The zero-order valence-corrected chi connectivity index (χ0v) is 14.3. The van der Waals surface area contributed by atoms with E-state index >= 15 is 0 Å². The average molecular weight is 341 g/mol. The molecule has 2 aromatic rings. The molecule has 0 unspecified atom stereocenters. The number of fused-ring (bicyclic) bond motifs is 3. The molecule has 0 fully saturated rings. The van der Waals surface area contributed by atoms with Gasteiger partial charge in [-0.15, -0.1) is 0 Å². The standard InChI is InChI=1S/C19H20FN3O2/c1-23-6-5-12-13(14-7-11(20)3-4-18(14)25-2)8-15-17(22-24)9-21-19(15)16(12)10-23/h3-4,7-8,21,24H,5-6,9-10H2,1-2H3/b22-17+. The molecule has 2 aliphatic heterocycles. The van der Waals surface area contributed by atoms with E-state index in [0.29, 0.717) is 18.0 Å². The van der Waals surface area contributed by atoms with E-state index in [1.165, 1.54) is 23.3 Å². The Morgan fingerprint density at radius 2 is 2.04 bits per heavy atom. The Hall–Kier alpha value is -2.60. The van der Waals surface area contributed by atoms with Crippen molar-refractivity contribution < 1.29 is 14.3 Å². The molecule has 4 rings (SSSR count). The van der Waals surface area contributed by atoms with Crippen LogP contribution in [-0.2, 0) is 13.0 Å². The highest BCUT2D eigenvalue weighted by molar-refractivity contribution is 6.13. The number of rotatable bonds is 2. The summed E-state index contributed by atoms with van der Waals surface area (Å²) in [6.07, 6.45) is 0.876. The van der Waals surface area contributed by atoms with Gasteiger partial charge < -0.3 is 20.2 Å². The first-order valence-electron chi connectivity index (χ1n) is 8.28. The summed E-state index contributed by atoms with van der Waals surface area (Å²) in [6.45, 7) is 2.23. The smallest absolute Gasteiger partial charge is 0.126 e. The maximum Gasteiger partial charge on any atom is 0.126 e. The Labute approximate surface area is 145 Å². The monoisotopic (exact) mass is 341 g/mol. The highest BCUT2D eigenvalue weighted by atomic mass is 19.1. The number of likely N-dealkylation sites (N-methyl/N-ethyl adjacent to an activating group) is 1. The number of oxime groups is 1. The minimum atomic E-state index is -0.299. The summed E-state index contributed by atoms with van der Waals surface area (Å²) in [5, 5.41) is 16.1. The van der Waals surface area contributed by atoms with Gasteiger partial charge in [-0.1, -0.05) is 5.16 Å². The first-order chi connectivity index (χ1) is 12.1. The fraction of sp³-hybridized carbons (Fsp3) is 0.316. The van der Waals surface area contributed by atoms with Gasteiger partial charge >= 0.3 is 0 Å². The zero-order chi connectivity index (χ0) is 17.6. The lowest BCUT2D eigenvalue weighted by Crippen LogP contribution is -2.27. The quantitative estimate of drug-likeness (QED) is 0.651. The molecular weight excluding hydrogens is 321 g/mol. The third-order valence-electron chi connectivity index (χ3n) is 5.04. The summed E-state index contributed by atoms with van der Waals surface area (Å²) in [5.74, 6) is 0.336. The number of hydrogen-bond donors (Lipinski definition) is 2. The first kappa shape index (κ1) is 15.9. The van der Waals surface area contributed by atoms with Crippen LogP contribution in [-0.4, -0.2) is 43.1 Å². The number of halogens is 1. The van der Waals surface area contributed by atoms with Crippen molar-refractivity contribution in [2.45, 2.75) is 13.0 Å². The summed E-state index contributed by atoms with van der Waals surface area (Å²) < 4.78 is 19.4. The normalized spacial score (nSPS) is 18.0. The van der Waals surface area contributed by atoms with Crippen LogP contribution in [0.15, 0.2) is 29.4 Å². The Morgan fingerprint density at radius 3 is 2.80 bits per heavy atom. The van der Waals surface area contributed by atoms with Crippen molar-refractivity contribution >= 4 is 11.4 Å². The SMILES string of the molecule is COc1ccc(F)cc1-c1cc2c(c3c1CCN(C)C3)NC/C2=N\O. The van der Waals surface area contributed by atoms with Crippen LogP contribution in [0.3, 0.4) is 0 Å². The molecule has 2 aromatic carbocycles. The number of benzene rings is 2. The minimum Gasteiger partial charge on any atom is -0.496 e. The maximum atomic E-state index is 13.9. The van der Waals surface area contributed by atoms with Crippen LogP contribution in [0.1, 0.15) is 16.7 Å². The van der Waals surface area contributed by atoms with Gasteiger partial charge in [0.25, 0.3) is 0 Å². The second kappa shape index (κ2) is 6.04. The third kappa shape index (κ3) is 2.53. The van der Waals surface area contributed by atoms with Gasteiger partial charge in [0.1, 0.15) is 17.3 Å². The van der Waals surface area contributed by atoms with Gasteiger partial charge in [0.2, 0.25) is 0 Å². The van der Waals surface area contributed by atoms with E-state index in [9.17, 15) is 9.60 Å². The lowest BCUT2D eigenvalue weighted by Gasteiger charge is -2.29. The van der Waals surface area contributed by atoms with Crippen molar-refractivity contribution in [3.63, 3.8) is 0 Å². The van der Waals surface area contributed by atoms with Gasteiger partial charge in [-0.05, 0) is 54.4 Å². The summed E-state index contributed by atoms with van der Waals surface area (Å²) in [6, 6.07) is 6.56. The minimum absolute atomic E-state index is 0.299. The van der Waals surface area contributed by atoms with Crippen LogP contribution in [0, 0.1) is 5.82 Å². The zero-order valence-electron chi connectivity index (χ0n) is 14.3. The molecule has 6 heteroatoms. The van der Waals surface area contributed by atoms with E-state index in [1.807, 2.05) is 6.07 Å². The molecule has 130 valence electrons. The molecule has 5 nitrogen and oxygen atoms in total. The number of nitrogens with zero attached hydrogens (tertiary/aromatic N) is 2. The summed E-state index contributed by atoms with van der Waals surface area (Å²) >= 11 is 0. The van der Waals surface area contributed by atoms with Crippen LogP contribution in [0.4, 0.5) is 10.1 Å². The molecule has 0 atom stereocenters. The number of methoxy groups -OCH3 is 1. The third-order valence-corrected chi connectivity index (χ3v) is 5.04. The average Bonchev–Trinajstić information content (AvgIpc) is 3.04. The van der Waals surface area contributed by atoms with Gasteiger partial charge in [-0.25, -0.2) is 4.39 Å². The molecular formula is C19H20FN3O2. The van der Waals surface area contributed by atoms with Crippen LogP contribution in [0.5, 0.6) is 5.75 Å². The predicted octanol–water partition coefficient (Wildman–Crippen LogP) is 3.09. The van der Waals surface area contributed by atoms with Crippen molar-refractivity contribution in [3.05, 3.63) is 46.8 Å². The number of hydrogen-bond acceptors (Lipinski definition) is 5. The maximum absolute atomic E-state index is 13.9. The van der Waals surface area contributed by atoms with Crippen LogP contribution in [0.2, 0.25) is 0 Å². The molecule has 0 saturated carbocycles. The van der Waals surface area contributed by atoms with E-state index in [2.05, 4.69) is 22.4 Å². The molecule has 0 amide bonds. The number of nitrogens with one attached hydrogen (secondary N) is 1. The van der Waals surface area contributed by atoms with Crippen molar-refractivity contribution in [2.75, 3.05) is 32.6 Å². The van der Waals surface area contributed by atoms with Crippen molar-refractivity contribution in [1.29, 1.82) is 0 Å². The summed E-state index contributed by atoms with van der Waals surface area (Å²) in [5.41, 5.74) is 6.56. The number of ether oxygens (including phenoxy) is 1. The molecule has 0 saturated heterocycles. The van der Waals surface area contributed by atoms with E-state index in [-0.39, 0.29) is 5.82 Å². The Balaban J connectivity index is 2.01. The highest BCUT2D eigenvalue weighted by Gasteiger charge is 2.29. The summed E-state index contributed by atoms with van der Waals surface area (Å²) in [4.78, 5) is 2.25. The molecule has 2 N–H and O–H groups in total. The number of anilines is 1. The Morgan fingerprint density at radius 1 is 1.20 bits per heavy atom. The Bertz CT molecular complexity index is 879. The molecule has 0 aliphatic carbocycles. The highest BCUT2D eigenvalue weighted by Crippen LogP contribution is 2.42. The molecule has 2 aliphatic rings. The van der Waals surface area contributed by atoms with Gasteiger partial charge in [0.15, 0.2) is 0 Å². The van der Waals surface area contributed by atoms with E-state index in [1.54, 1.807) is 13.2 Å². The predicted molar refractivity (Wildman–Crippen MR) is 95.2 cm³/mol. The van der Waals surface area contributed by atoms with Gasteiger partial charge in [-0.2, -0.15) is 0 Å². The lowest BCUT2D eigenvalue weighted by molar-refractivity contribution is 0.314. The van der Waals surface area contributed by atoms with E-state index in [0.717, 1.165) is 41.9 Å². The first-order valence-corrected chi connectivity index (χ1v) is 8.28. The second-order valence-electron chi connectivity index (χ2n) is 6.54. The van der Waals surface area contributed by atoms with Crippen molar-refractivity contribution in [3.8, 4) is 16.9 Å². The van der Waals surface area contributed by atoms with Gasteiger partial charge in [0, 0.05) is 29.9 Å². The van der Waals surface area contributed by atoms with E-state index in [4.69, 9.17) is 4.74 Å². The van der Waals surface area contributed by atoms with Crippen LogP contribution < -0.4 is 10.1 Å². The molecule has 0 bridgehead atoms. The summed E-state index contributed by atoms with van der Waals surface area (Å²) in [7, 11) is 3.67. The van der Waals surface area contributed by atoms with E-state index < -0.39 is 0 Å². The fourth-order valence-corrected chi connectivity index (χ4v) is 3.81. The second-order valence-corrected chi connectivity index (χ2v) is 6.54. The molecule has 25 heavy (non-hydrogen) atoms. The molecule has 0 spiro atoms. The fourth-order valence-electron chi connectivity index (χ4n) is 3.81. The topological polar surface area (TPSA) is 57.1 Å². The lowest BCUT2D eigenvalue weighted by atomic mass is 9.87. The molecule has 2 heterocycles. The van der Waals surface area contributed by atoms with Gasteiger partial charge in [-0.3, -0.25) is 0 Å². The Kier molecular flexibility index (Phi) is 3.84.